The predicted octanol–water partition coefficient (Wildman–Crippen LogP) is 3.92. The molecular weight excluding hydrogens is 269 g/mol. The van der Waals surface area contributed by atoms with Crippen LogP contribution in [0.1, 0.15) is 49.9 Å². The summed E-state index contributed by atoms with van der Waals surface area (Å²) in [5.74, 6) is -0.360. The minimum Gasteiger partial charge on any atom is -0.494 e. The van der Waals surface area contributed by atoms with Gasteiger partial charge in [-0.1, -0.05) is 26.7 Å². The molecule has 1 rings (SSSR count). The van der Waals surface area contributed by atoms with Crippen molar-refractivity contribution in [1.29, 1.82) is 0 Å². The zero-order chi connectivity index (χ0) is 15.7. The standard InChI is InChI=1S/C17H26FNO2/c1-4-6-10-19(11-7-5-2)13-16(20)14-8-9-17(21-3)15(18)12-14/h8-9,12H,4-7,10-11,13H2,1-3H3. The maximum atomic E-state index is 13.7. The monoisotopic (exact) mass is 295 g/mol. The van der Waals surface area contributed by atoms with Gasteiger partial charge in [-0.3, -0.25) is 9.69 Å². The molecule has 0 saturated carbocycles. The lowest BCUT2D eigenvalue weighted by atomic mass is 10.1. The Bertz CT molecular complexity index is 440. The number of benzene rings is 1. The Morgan fingerprint density at radius 2 is 1.81 bits per heavy atom. The van der Waals surface area contributed by atoms with Crippen LogP contribution in [0.5, 0.6) is 5.75 Å². The lowest BCUT2D eigenvalue weighted by molar-refractivity contribution is 0.0928. The molecule has 0 radical (unpaired) electrons. The van der Waals surface area contributed by atoms with Crippen LogP contribution in [0.25, 0.3) is 0 Å². The smallest absolute Gasteiger partial charge is 0.176 e. The molecule has 0 aliphatic rings. The summed E-state index contributed by atoms with van der Waals surface area (Å²) in [5.41, 5.74) is 0.409. The van der Waals surface area contributed by atoms with Crippen LogP contribution in [0.3, 0.4) is 0 Å². The molecule has 1 aromatic rings. The van der Waals surface area contributed by atoms with Crippen LogP contribution in [-0.2, 0) is 0 Å². The first-order valence-corrected chi connectivity index (χ1v) is 7.71. The van der Waals surface area contributed by atoms with Crippen LogP contribution in [0, 0.1) is 5.82 Å². The van der Waals surface area contributed by atoms with E-state index < -0.39 is 5.82 Å². The van der Waals surface area contributed by atoms with Gasteiger partial charge in [-0.15, -0.1) is 0 Å². The van der Waals surface area contributed by atoms with E-state index in [4.69, 9.17) is 4.74 Å². The Morgan fingerprint density at radius 3 is 2.29 bits per heavy atom. The molecule has 0 aliphatic carbocycles. The van der Waals surface area contributed by atoms with Crippen molar-refractivity contribution < 1.29 is 13.9 Å². The number of Topliss-reactive ketones (excluding diaryl/α,β-unsaturated/α-hetero) is 1. The Hall–Kier alpha value is -1.42. The molecular formula is C17H26FNO2. The minimum absolute atomic E-state index is 0.0382. The quantitative estimate of drug-likeness (QED) is 0.613. The molecule has 0 amide bonds. The van der Waals surface area contributed by atoms with Crippen molar-refractivity contribution in [3.05, 3.63) is 29.6 Å². The summed E-state index contributed by atoms with van der Waals surface area (Å²) in [7, 11) is 1.41. The number of hydrogen-bond donors (Lipinski definition) is 0. The van der Waals surface area contributed by atoms with Crippen molar-refractivity contribution in [2.24, 2.45) is 0 Å². The van der Waals surface area contributed by atoms with Crippen molar-refractivity contribution in [2.45, 2.75) is 39.5 Å². The molecule has 0 bridgehead atoms. The second-order valence-corrected chi connectivity index (χ2v) is 5.26. The highest BCUT2D eigenvalue weighted by atomic mass is 19.1. The van der Waals surface area contributed by atoms with Gasteiger partial charge in [-0.25, -0.2) is 4.39 Å². The highest BCUT2D eigenvalue weighted by Crippen LogP contribution is 2.18. The van der Waals surface area contributed by atoms with Crippen molar-refractivity contribution in [3.63, 3.8) is 0 Å². The summed E-state index contributed by atoms with van der Waals surface area (Å²) >= 11 is 0. The first kappa shape index (κ1) is 17.6. The van der Waals surface area contributed by atoms with E-state index in [1.807, 2.05) is 0 Å². The summed E-state index contributed by atoms with van der Waals surface area (Å²) in [6.07, 6.45) is 4.36. The fraction of sp³-hybridized carbons (Fsp3) is 0.588. The topological polar surface area (TPSA) is 29.5 Å². The molecule has 0 unspecified atom stereocenters. The average Bonchev–Trinajstić information content (AvgIpc) is 2.49. The molecule has 0 fully saturated rings. The van der Waals surface area contributed by atoms with Crippen LogP contribution in [0.2, 0.25) is 0 Å². The lowest BCUT2D eigenvalue weighted by Crippen LogP contribution is -2.32. The maximum Gasteiger partial charge on any atom is 0.176 e. The number of halogens is 1. The molecule has 0 aromatic heterocycles. The van der Waals surface area contributed by atoms with Gasteiger partial charge in [0, 0.05) is 5.56 Å². The minimum atomic E-state index is -0.489. The second kappa shape index (κ2) is 9.50. The van der Waals surface area contributed by atoms with Crippen LogP contribution in [0.15, 0.2) is 18.2 Å². The van der Waals surface area contributed by atoms with Gasteiger partial charge in [-0.2, -0.15) is 0 Å². The van der Waals surface area contributed by atoms with Crippen molar-refractivity contribution >= 4 is 5.78 Å². The fourth-order valence-electron chi connectivity index (χ4n) is 2.17. The van der Waals surface area contributed by atoms with Gasteiger partial charge in [0.1, 0.15) is 0 Å². The van der Waals surface area contributed by atoms with Crippen molar-refractivity contribution in [1.82, 2.24) is 4.90 Å². The van der Waals surface area contributed by atoms with Crippen LogP contribution >= 0.6 is 0 Å². The third-order valence-electron chi connectivity index (χ3n) is 3.50. The van der Waals surface area contributed by atoms with E-state index in [1.54, 1.807) is 6.07 Å². The van der Waals surface area contributed by atoms with Gasteiger partial charge in [0.25, 0.3) is 0 Å². The number of hydrogen-bond acceptors (Lipinski definition) is 3. The summed E-state index contributed by atoms with van der Waals surface area (Å²) < 4.78 is 18.5. The molecule has 0 heterocycles. The van der Waals surface area contributed by atoms with E-state index in [-0.39, 0.29) is 11.5 Å². The normalized spacial score (nSPS) is 10.9. The number of unbranched alkanes of at least 4 members (excludes halogenated alkanes) is 2. The Kier molecular flexibility index (Phi) is 7.98. The van der Waals surface area contributed by atoms with Crippen molar-refractivity contribution in [2.75, 3.05) is 26.7 Å². The molecule has 0 N–H and O–H groups in total. The van der Waals surface area contributed by atoms with Crippen LogP contribution in [-0.4, -0.2) is 37.4 Å². The molecule has 1 aromatic carbocycles. The fourth-order valence-corrected chi connectivity index (χ4v) is 2.17. The largest absolute Gasteiger partial charge is 0.494 e. The number of rotatable bonds is 10. The van der Waals surface area contributed by atoms with Gasteiger partial charge in [0.15, 0.2) is 17.3 Å². The molecule has 118 valence electrons. The Balaban J connectivity index is 2.68. The molecule has 0 spiro atoms. The van der Waals surface area contributed by atoms with Crippen LogP contribution in [0.4, 0.5) is 4.39 Å². The van der Waals surface area contributed by atoms with E-state index in [1.165, 1.54) is 19.2 Å². The Labute approximate surface area is 127 Å². The van der Waals surface area contributed by atoms with E-state index in [2.05, 4.69) is 18.7 Å². The highest BCUT2D eigenvalue weighted by Gasteiger charge is 2.14. The third kappa shape index (κ3) is 5.84. The van der Waals surface area contributed by atoms with Gasteiger partial charge in [0.2, 0.25) is 0 Å². The maximum absolute atomic E-state index is 13.7. The van der Waals surface area contributed by atoms with E-state index in [0.29, 0.717) is 12.1 Å². The number of methoxy groups -OCH3 is 1. The SMILES string of the molecule is CCCCN(CCCC)CC(=O)c1ccc(OC)c(F)c1. The third-order valence-corrected chi connectivity index (χ3v) is 3.50. The van der Waals surface area contributed by atoms with Gasteiger partial charge in [0.05, 0.1) is 13.7 Å². The number of ether oxygens (including phenoxy) is 1. The van der Waals surface area contributed by atoms with Crippen molar-refractivity contribution in [3.8, 4) is 5.75 Å². The molecule has 0 saturated heterocycles. The zero-order valence-electron chi connectivity index (χ0n) is 13.3. The summed E-state index contributed by atoms with van der Waals surface area (Å²) in [4.78, 5) is 14.4. The van der Waals surface area contributed by atoms with E-state index >= 15 is 0 Å². The molecule has 3 nitrogen and oxygen atoms in total. The average molecular weight is 295 g/mol. The number of nitrogens with zero attached hydrogens (tertiary/aromatic N) is 1. The van der Waals surface area contributed by atoms with Crippen LogP contribution < -0.4 is 4.74 Å². The number of carbonyl (C=O) groups excluding carboxylic acids is 1. The second-order valence-electron chi connectivity index (χ2n) is 5.26. The van der Waals surface area contributed by atoms with Gasteiger partial charge < -0.3 is 4.74 Å². The van der Waals surface area contributed by atoms with E-state index in [0.717, 1.165) is 38.8 Å². The molecule has 0 atom stereocenters. The summed E-state index contributed by atoms with van der Waals surface area (Å²) in [6, 6.07) is 4.39. The van der Waals surface area contributed by atoms with E-state index in [9.17, 15) is 9.18 Å². The molecule has 0 aliphatic heterocycles. The highest BCUT2D eigenvalue weighted by molar-refractivity contribution is 5.97. The molecule has 21 heavy (non-hydrogen) atoms. The zero-order valence-corrected chi connectivity index (χ0v) is 13.3. The lowest BCUT2D eigenvalue weighted by Gasteiger charge is -2.21. The first-order valence-electron chi connectivity index (χ1n) is 7.71. The van der Waals surface area contributed by atoms with Gasteiger partial charge in [-0.05, 0) is 44.1 Å². The summed E-state index contributed by atoms with van der Waals surface area (Å²) in [5, 5.41) is 0. The Morgan fingerprint density at radius 1 is 1.19 bits per heavy atom. The number of ketones is 1. The molecule has 4 heteroatoms. The summed E-state index contributed by atoms with van der Waals surface area (Å²) in [6.45, 7) is 6.46. The van der Waals surface area contributed by atoms with Gasteiger partial charge >= 0.3 is 0 Å². The first-order chi connectivity index (χ1) is 10.1. The predicted molar refractivity (Wildman–Crippen MR) is 83.5 cm³/mol. The number of carbonyl (C=O) groups is 1.